The molecule has 0 amide bonds. The number of aliphatic hydroxyl groups excluding tert-OH is 1. The molecule has 0 saturated heterocycles. The minimum atomic E-state index is 0.120. The van der Waals surface area contributed by atoms with Crippen LogP contribution in [-0.4, -0.2) is 18.3 Å². The molecule has 0 aliphatic rings. The van der Waals surface area contributed by atoms with Gasteiger partial charge in [0.2, 0.25) is 0 Å². The van der Waals surface area contributed by atoms with Crippen LogP contribution in [0.3, 0.4) is 0 Å². The van der Waals surface area contributed by atoms with Crippen LogP contribution in [-0.2, 0) is 0 Å². The van der Waals surface area contributed by atoms with E-state index in [4.69, 9.17) is 4.74 Å². The number of halogens is 1. The Kier molecular flexibility index (Phi) is 5.47. The van der Waals surface area contributed by atoms with Gasteiger partial charge in [-0.3, -0.25) is 0 Å². The lowest BCUT2D eigenvalue weighted by Crippen LogP contribution is -2.25. The van der Waals surface area contributed by atoms with Crippen molar-refractivity contribution in [2.24, 2.45) is 11.3 Å². The third-order valence-corrected chi connectivity index (χ3v) is 3.47. The Morgan fingerprint density at radius 3 is 2.59 bits per heavy atom. The molecule has 0 radical (unpaired) electrons. The first-order valence-corrected chi connectivity index (χ1v) is 6.72. The Hall–Kier alpha value is -0.540. The molecule has 0 fully saturated rings. The van der Waals surface area contributed by atoms with Crippen molar-refractivity contribution in [1.29, 1.82) is 0 Å². The van der Waals surface area contributed by atoms with E-state index in [2.05, 4.69) is 36.7 Å². The Bertz CT molecular complexity index is 344. The lowest BCUT2D eigenvalue weighted by Gasteiger charge is -2.28. The van der Waals surface area contributed by atoms with Crippen LogP contribution < -0.4 is 4.74 Å². The molecule has 0 aliphatic heterocycles. The average Bonchev–Trinajstić information content (AvgIpc) is 2.22. The number of hydrogen-bond donors (Lipinski definition) is 1. The molecular formula is C14H21BrO2. The molecule has 0 bridgehead atoms. The summed E-state index contributed by atoms with van der Waals surface area (Å²) in [7, 11) is 0. The van der Waals surface area contributed by atoms with Gasteiger partial charge < -0.3 is 9.84 Å². The molecule has 3 heteroatoms. The summed E-state index contributed by atoms with van der Waals surface area (Å²) < 4.78 is 6.69. The van der Waals surface area contributed by atoms with Gasteiger partial charge in [-0.1, -0.05) is 42.8 Å². The molecule has 1 aromatic carbocycles. The van der Waals surface area contributed by atoms with Gasteiger partial charge in [0.15, 0.2) is 0 Å². The van der Waals surface area contributed by atoms with Gasteiger partial charge in [0.1, 0.15) is 5.75 Å². The van der Waals surface area contributed by atoms with Crippen molar-refractivity contribution in [3.05, 3.63) is 28.7 Å². The zero-order valence-electron chi connectivity index (χ0n) is 10.7. The normalized spacial score (nSPS) is 13.5. The first-order chi connectivity index (χ1) is 7.93. The largest absolute Gasteiger partial charge is 0.494 e. The Labute approximate surface area is 112 Å². The molecule has 0 spiro atoms. The van der Waals surface area contributed by atoms with E-state index in [0.29, 0.717) is 6.61 Å². The summed E-state index contributed by atoms with van der Waals surface area (Å²) in [5.74, 6) is 1.14. The third-order valence-electron chi connectivity index (χ3n) is 2.98. The second kappa shape index (κ2) is 6.41. The number of hydrogen-bond acceptors (Lipinski definition) is 2. The summed E-state index contributed by atoms with van der Waals surface area (Å²) in [4.78, 5) is 0. The van der Waals surface area contributed by atoms with Crippen molar-refractivity contribution in [3.8, 4) is 5.75 Å². The highest BCUT2D eigenvalue weighted by atomic mass is 79.9. The van der Waals surface area contributed by atoms with Gasteiger partial charge in [0.25, 0.3) is 0 Å². The summed E-state index contributed by atoms with van der Waals surface area (Å²) in [6.07, 6.45) is 0.868. The second-order valence-corrected chi connectivity index (χ2v) is 6.26. The third kappa shape index (κ3) is 5.09. The molecule has 0 aliphatic carbocycles. The van der Waals surface area contributed by atoms with Crippen molar-refractivity contribution in [2.45, 2.75) is 27.2 Å². The van der Waals surface area contributed by atoms with Crippen molar-refractivity contribution in [3.63, 3.8) is 0 Å². The first-order valence-electron chi connectivity index (χ1n) is 5.92. The second-order valence-electron chi connectivity index (χ2n) is 5.34. The SMILES string of the molecule is CC(C)(C)C(CO)CCOc1cccc(Br)c1. The predicted octanol–water partition coefficient (Wildman–Crippen LogP) is 3.87. The van der Waals surface area contributed by atoms with Crippen LogP contribution in [0.25, 0.3) is 0 Å². The van der Waals surface area contributed by atoms with E-state index in [9.17, 15) is 5.11 Å². The zero-order chi connectivity index (χ0) is 12.9. The average molecular weight is 301 g/mol. The molecule has 1 N–H and O–H groups in total. The number of aliphatic hydroxyl groups is 1. The molecule has 1 aromatic rings. The topological polar surface area (TPSA) is 29.5 Å². The number of rotatable bonds is 5. The highest BCUT2D eigenvalue weighted by Gasteiger charge is 2.23. The lowest BCUT2D eigenvalue weighted by atomic mass is 9.79. The van der Waals surface area contributed by atoms with E-state index in [0.717, 1.165) is 16.6 Å². The quantitative estimate of drug-likeness (QED) is 0.894. The van der Waals surface area contributed by atoms with Gasteiger partial charge in [-0.15, -0.1) is 0 Å². The van der Waals surface area contributed by atoms with Gasteiger partial charge in [-0.05, 0) is 36.0 Å². The summed E-state index contributed by atoms with van der Waals surface area (Å²) in [5, 5.41) is 9.34. The van der Waals surface area contributed by atoms with Crippen LogP contribution in [0.2, 0.25) is 0 Å². The molecular weight excluding hydrogens is 280 g/mol. The molecule has 1 atom stereocenters. The van der Waals surface area contributed by atoms with E-state index in [1.54, 1.807) is 0 Å². The molecule has 0 saturated carbocycles. The Morgan fingerprint density at radius 1 is 1.35 bits per heavy atom. The highest BCUT2D eigenvalue weighted by molar-refractivity contribution is 9.10. The maximum atomic E-state index is 9.34. The van der Waals surface area contributed by atoms with Crippen LogP contribution in [0.5, 0.6) is 5.75 Å². The van der Waals surface area contributed by atoms with E-state index >= 15 is 0 Å². The smallest absolute Gasteiger partial charge is 0.120 e. The number of ether oxygens (including phenoxy) is 1. The first kappa shape index (κ1) is 14.5. The molecule has 1 unspecified atom stereocenters. The molecule has 17 heavy (non-hydrogen) atoms. The van der Waals surface area contributed by atoms with E-state index in [-0.39, 0.29) is 17.9 Å². The van der Waals surface area contributed by atoms with Crippen molar-refractivity contribution in [1.82, 2.24) is 0 Å². The molecule has 1 rings (SSSR count). The van der Waals surface area contributed by atoms with Crippen LogP contribution in [0.4, 0.5) is 0 Å². The fourth-order valence-corrected chi connectivity index (χ4v) is 2.05. The van der Waals surface area contributed by atoms with Gasteiger partial charge >= 0.3 is 0 Å². The van der Waals surface area contributed by atoms with Crippen LogP contribution in [0.15, 0.2) is 28.7 Å². The van der Waals surface area contributed by atoms with Crippen LogP contribution in [0, 0.1) is 11.3 Å². The van der Waals surface area contributed by atoms with Crippen LogP contribution >= 0.6 is 15.9 Å². The van der Waals surface area contributed by atoms with Gasteiger partial charge in [-0.25, -0.2) is 0 Å². The van der Waals surface area contributed by atoms with E-state index < -0.39 is 0 Å². The van der Waals surface area contributed by atoms with Crippen molar-refractivity contribution in [2.75, 3.05) is 13.2 Å². The van der Waals surface area contributed by atoms with E-state index in [1.807, 2.05) is 24.3 Å². The molecule has 96 valence electrons. The molecule has 2 nitrogen and oxygen atoms in total. The Morgan fingerprint density at radius 2 is 2.06 bits per heavy atom. The number of benzene rings is 1. The summed E-state index contributed by atoms with van der Waals surface area (Å²) >= 11 is 3.41. The standard InChI is InChI=1S/C14H21BrO2/c1-14(2,3)11(10-16)7-8-17-13-6-4-5-12(15)9-13/h4-6,9,11,16H,7-8,10H2,1-3H3. The van der Waals surface area contributed by atoms with Crippen molar-refractivity contribution >= 4 is 15.9 Å². The minimum absolute atomic E-state index is 0.120. The van der Waals surface area contributed by atoms with Gasteiger partial charge in [-0.2, -0.15) is 0 Å². The summed E-state index contributed by atoms with van der Waals surface area (Å²) in [6, 6.07) is 7.81. The summed E-state index contributed by atoms with van der Waals surface area (Å²) in [5.41, 5.74) is 0.120. The lowest BCUT2D eigenvalue weighted by molar-refractivity contribution is 0.106. The van der Waals surface area contributed by atoms with Gasteiger partial charge in [0, 0.05) is 11.1 Å². The maximum Gasteiger partial charge on any atom is 0.120 e. The fourth-order valence-electron chi connectivity index (χ4n) is 1.67. The van der Waals surface area contributed by atoms with Crippen LogP contribution in [0.1, 0.15) is 27.2 Å². The van der Waals surface area contributed by atoms with Crippen molar-refractivity contribution < 1.29 is 9.84 Å². The Balaban J connectivity index is 2.42. The van der Waals surface area contributed by atoms with Gasteiger partial charge in [0.05, 0.1) is 6.61 Å². The molecule has 0 heterocycles. The highest BCUT2D eigenvalue weighted by Crippen LogP contribution is 2.28. The summed E-state index contributed by atoms with van der Waals surface area (Å²) in [6.45, 7) is 7.29. The monoisotopic (exact) mass is 300 g/mol. The zero-order valence-corrected chi connectivity index (χ0v) is 12.3. The predicted molar refractivity (Wildman–Crippen MR) is 74.3 cm³/mol. The fraction of sp³-hybridized carbons (Fsp3) is 0.571. The maximum absolute atomic E-state index is 9.34. The van der Waals surface area contributed by atoms with E-state index in [1.165, 1.54) is 0 Å². The molecule has 0 aromatic heterocycles. The minimum Gasteiger partial charge on any atom is -0.494 e.